The molecule has 0 saturated carbocycles. The SMILES string of the molecule is COC(=O)N[C@H](C(=O)N1CCC[C@H]1c1ncc(-c2cc(F)c(C#CC#Cc3cnc([C@@H]4CCCN4)[nH]3)c(-c3ccccc3)c2)[nH]1)C(C)C. The maximum absolute atomic E-state index is 15.9. The topological polar surface area (TPSA) is 128 Å². The van der Waals surface area contributed by atoms with Gasteiger partial charge in [-0.3, -0.25) is 4.79 Å². The predicted octanol–water partition coefficient (Wildman–Crippen LogP) is 5.48. The summed E-state index contributed by atoms with van der Waals surface area (Å²) in [6.45, 7) is 5.26. The number of imidazole rings is 2. The number of methoxy groups -OCH3 is 1. The summed E-state index contributed by atoms with van der Waals surface area (Å²) in [4.78, 5) is 42.9. The van der Waals surface area contributed by atoms with Crippen molar-refractivity contribution in [3.05, 3.63) is 83.6 Å². The Morgan fingerprint density at radius 3 is 2.54 bits per heavy atom. The van der Waals surface area contributed by atoms with Crippen LogP contribution in [0.1, 0.15) is 74.5 Å². The van der Waals surface area contributed by atoms with E-state index in [1.54, 1.807) is 17.3 Å². The van der Waals surface area contributed by atoms with Crippen molar-refractivity contribution in [3.63, 3.8) is 0 Å². The number of aromatic nitrogens is 4. The molecule has 2 aliphatic heterocycles. The average Bonchev–Trinajstić information content (AvgIpc) is 3.93. The van der Waals surface area contributed by atoms with Crippen LogP contribution in [0, 0.1) is 35.4 Å². The Labute approximate surface area is 279 Å². The first-order valence-electron chi connectivity index (χ1n) is 16.2. The number of halogens is 1. The molecule has 3 atom stereocenters. The van der Waals surface area contributed by atoms with Crippen molar-refractivity contribution in [1.29, 1.82) is 0 Å². The number of amides is 2. The number of likely N-dealkylation sites (tertiary alicyclic amines) is 1. The molecule has 0 spiro atoms. The highest BCUT2D eigenvalue weighted by Gasteiger charge is 2.37. The Morgan fingerprint density at radius 1 is 1.00 bits per heavy atom. The molecular formula is C37H38FN7O3. The first-order chi connectivity index (χ1) is 23.3. The third kappa shape index (κ3) is 7.12. The maximum Gasteiger partial charge on any atom is 0.407 e. The van der Waals surface area contributed by atoms with Crippen molar-refractivity contribution < 1.29 is 18.7 Å². The fourth-order valence-electron chi connectivity index (χ4n) is 6.27. The van der Waals surface area contributed by atoms with E-state index in [1.165, 1.54) is 13.2 Å². The average molecular weight is 648 g/mol. The van der Waals surface area contributed by atoms with Gasteiger partial charge in [0.15, 0.2) is 0 Å². The number of nitrogens with one attached hydrogen (secondary N) is 4. The lowest BCUT2D eigenvalue weighted by molar-refractivity contribution is -0.135. The molecule has 2 fully saturated rings. The molecule has 0 radical (unpaired) electrons. The highest BCUT2D eigenvalue weighted by molar-refractivity contribution is 5.86. The summed E-state index contributed by atoms with van der Waals surface area (Å²) in [5.74, 6) is 12.2. The van der Waals surface area contributed by atoms with E-state index < -0.39 is 18.0 Å². The van der Waals surface area contributed by atoms with Gasteiger partial charge in [-0.15, -0.1) is 0 Å². The second-order valence-corrected chi connectivity index (χ2v) is 12.3. The van der Waals surface area contributed by atoms with Gasteiger partial charge in [-0.05, 0) is 79.5 Å². The summed E-state index contributed by atoms with van der Waals surface area (Å²) in [5, 5.41) is 6.07. The summed E-state index contributed by atoms with van der Waals surface area (Å²) >= 11 is 0. The van der Waals surface area contributed by atoms with Gasteiger partial charge in [-0.2, -0.15) is 0 Å². The lowest BCUT2D eigenvalue weighted by atomic mass is 9.96. The molecule has 246 valence electrons. The van der Waals surface area contributed by atoms with E-state index in [4.69, 9.17) is 4.74 Å². The lowest BCUT2D eigenvalue weighted by Gasteiger charge is -2.30. The minimum absolute atomic E-state index is 0.144. The van der Waals surface area contributed by atoms with Gasteiger partial charge in [0.2, 0.25) is 5.91 Å². The highest BCUT2D eigenvalue weighted by Crippen LogP contribution is 2.35. The van der Waals surface area contributed by atoms with Crippen molar-refractivity contribution in [2.75, 3.05) is 20.2 Å². The second-order valence-electron chi connectivity index (χ2n) is 12.3. The normalized spacial score (nSPS) is 17.7. The van der Waals surface area contributed by atoms with Crippen LogP contribution in [0.25, 0.3) is 22.4 Å². The minimum Gasteiger partial charge on any atom is -0.453 e. The maximum atomic E-state index is 15.9. The number of aromatic amines is 2. The van der Waals surface area contributed by atoms with Crippen LogP contribution in [0.5, 0.6) is 0 Å². The summed E-state index contributed by atoms with van der Waals surface area (Å²) < 4.78 is 20.6. The zero-order chi connectivity index (χ0) is 33.6. The monoisotopic (exact) mass is 647 g/mol. The minimum atomic E-state index is -0.737. The number of carbonyl (C=O) groups is 2. The number of hydrogen-bond donors (Lipinski definition) is 4. The van der Waals surface area contributed by atoms with Crippen LogP contribution in [-0.2, 0) is 9.53 Å². The van der Waals surface area contributed by atoms with E-state index in [0.717, 1.165) is 37.2 Å². The van der Waals surface area contributed by atoms with Crippen LogP contribution in [0.2, 0.25) is 0 Å². The third-order valence-corrected chi connectivity index (χ3v) is 8.76. The number of alkyl carbamates (subject to hydrolysis) is 1. The van der Waals surface area contributed by atoms with Crippen molar-refractivity contribution in [2.24, 2.45) is 5.92 Å². The predicted molar refractivity (Wildman–Crippen MR) is 180 cm³/mol. The van der Waals surface area contributed by atoms with Gasteiger partial charge in [0.25, 0.3) is 0 Å². The Morgan fingerprint density at radius 2 is 1.79 bits per heavy atom. The smallest absolute Gasteiger partial charge is 0.407 e. The largest absolute Gasteiger partial charge is 0.453 e. The molecule has 2 aliphatic rings. The first-order valence-corrected chi connectivity index (χ1v) is 16.2. The molecule has 4 N–H and O–H groups in total. The molecule has 2 amide bonds. The summed E-state index contributed by atoms with van der Waals surface area (Å²) in [6.07, 6.45) is 6.34. The van der Waals surface area contributed by atoms with Crippen LogP contribution >= 0.6 is 0 Å². The molecule has 0 aliphatic carbocycles. The molecule has 10 nitrogen and oxygen atoms in total. The Bertz CT molecular complexity index is 1900. The molecule has 4 aromatic rings. The van der Waals surface area contributed by atoms with Gasteiger partial charge in [-0.1, -0.05) is 44.2 Å². The van der Waals surface area contributed by atoms with Gasteiger partial charge < -0.3 is 30.2 Å². The highest BCUT2D eigenvalue weighted by atomic mass is 19.1. The Hall–Kier alpha value is -5.39. The van der Waals surface area contributed by atoms with E-state index in [2.05, 4.69) is 54.3 Å². The van der Waals surface area contributed by atoms with E-state index in [9.17, 15) is 9.59 Å². The quantitative estimate of drug-likeness (QED) is 0.197. The number of H-pyrrole nitrogens is 2. The van der Waals surface area contributed by atoms with Gasteiger partial charge in [0.1, 0.15) is 29.2 Å². The Balaban J connectivity index is 1.26. The van der Waals surface area contributed by atoms with Gasteiger partial charge in [0, 0.05) is 17.7 Å². The number of nitrogens with zero attached hydrogens (tertiary/aromatic N) is 3. The van der Waals surface area contributed by atoms with E-state index in [0.29, 0.717) is 41.3 Å². The van der Waals surface area contributed by atoms with Gasteiger partial charge in [-0.25, -0.2) is 19.2 Å². The molecule has 11 heteroatoms. The molecule has 6 rings (SSSR count). The molecule has 2 aromatic heterocycles. The molecule has 0 bridgehead atoms. The number of carbonyl (C=O) groups excluding carboxylic acids is 2. The first kappa shape index (κ1) is 32.5. The van der Waals surface area contributed by atoms with Crippen LogP contribution in [0.15, 0.2) is 54.9 Å². The number of benzene rings is 2. The third-order valence-electron chi connectivity index (χ3n) is 8.76. The van der Waals surface area contributed by atoms with E-state index in [1.807, 2.05) is 50.2 Å². The Kier molecular flexibility index (Phi) is 9.88. The molecule has 2 saturated heterocycles. The second kappa shape index (κ2) is 14.6. The number of rotatable bonds is 7. The van der Waals surface area contributed by atoms with Gasteiger partial charge >= 0.3 is 6.09 Å². The lowest BCUT2D eigenvalue weighted by Crippen LogP contribution is -2.51. The van der Waals surface area contributed by atoms with Crippen molar-refractivity contribution in [1.82, 2.24) is 35.5 Å². The van der Waals surface area contributed by atoms with Crippen LogP contribution < -0.4 is 10.6 Å². The number of ether oxygens (including phenoxy) is 1. The summed E-state index contributed by atoms with van der Waals surface area (Å²) in [5.41, 5.74) is 3.53. The van der Waals surface area contributed by atoms with Crippen molar-refractivity contribution in [3.8, 4) is 46.1 Å². The number of hydrogen-bond acceptors (Lipinski definition) is 6. The van der Waals surface area contributed by atoms with Gasteiger partial charge in [0.05, 0.1) is 42.8 Å². The fourth-order valence-corrected chi connectivity index (χ4v) is 6.27. The van der Waals surface area contributed by atoms with Crippen LogP contribution in [0.3, 0.4) is 0 Å². The molecule has 0 unspecified atom stereocenters. The van der Waals surface area contributed by atoms with E-state index in [-0.39, 0.29) is 29.5 Å². The van der Waals surface area contributed by atoms with Crippen LogP contribution in [-0.4, -0.2) is 63.1 Å². The zero-order valence-electron chi connectivity index (χ0n) is 27.2. The van der Waals surface area contributed by atoms with Crippen molar-refractivity contribution >= 4 is 12.0 Å². The molecule has 48 heavy (non-hydrogen) atoms. The molecular weight excluding hydrogens is 609 g/mol. The molecule has 4 heterocycles. The molecule has 2 aromatic carbocycles. The van der Waals surface area contributed by atoms with Crippen LogP contribution in [0.4, 0.5) is 9.18 Å². The van der Waals surface area contributed by atoms with E-state index >= 15 is 4.39 Å². The fraction of sp³-hybridized carbons (Fsp3) is 0.351. The summed E-state index contributed by atoms with van der Waals surface area (Å²) in [7, 11) is 1.27. The summed E-state index contributed by atoms with van der Waals surface area (Å²) in [6, 6.07) is 12.0. The van der Waals surface area contributed by atoms with Crippen molar-refractivity contribution in [2.45, 2.75) is 57.7 Å². The standard InChI is InChI=1S/C37H38FN7O3/c1-23(2)33(44-37(47)48-3)36(46)45-18-10-16-32(45)35-41-22-31(43-35)25-19-28(24-11-5-4-6-12-24)27(29(38)20-25)14-8-7-13-26-21-40-34(42-26)30-15-9-17-39-30/h4-6,11-12,19-23,30,32-33,39H,9-10,15-18H2,1-3H3,(H,40,42)(H,41,43)(H,44,47)/t30-,32-,33-/m0/s1. The zero-order valence-corrected chi connectivity index (χ0v) is 27.2.